The number of hydrogen-bond acceptors (Lipinski definition) is 6. The van der Waals surface area contributed by atoms with Crippen molar-refractivity contribution in [3.05, 3.63) is 52.8 Å². The van der Waals surface area contributed by atoms with Crippen molar-refractivity contribution in [1.82, 2.24) is 9.88 Å². The minimum Gasteiger partial charge on any atom is -0.446 e. The zero-order valence-electron chi connectivity index (χ0n) is 17.8. The van der Waals surface area contributed by atoms with Gasteiger partial charge >= 0.3 is 6.09 Å². The molecule has 1 saturated heterocycles. The number of para-hydroxylation sites is 1. The van der Waals surface area contributed by atoms with Crippen LogP contribution in [0.15, 0.2) is 30.3 Å². The van der Waals surface area contributed by atoms with E-state index in [4.69, 9.17) is 9.47 Å². The highest BCUT2D eigenvalue weighted by Gasteiger charge is 2.38. The van der Waals surface area contributed by atoms with Gasteiger partial charge in [0.2, 0.25) is 0 Å². The van der Waals surface area contributed by atoms with Gasteiger partial charge in [-0.05, 0) is 37.6 Å². The molecule has 8 heteroatoms. The summed E-state index contributed by atoms with van der Waals surface area (Å²) in [6, 6.07) is 9.12. The third kappa shape index (κ3) is 4.56. The van der Waals surface area contributed by atoms with E-state index < -0.39 is 18.1 Å². The third-order valence-electron chi connectivity index (χ3n) is 5.50. The summed E-state index contributed by atoms with van der Waals surface area (Å²) in [5, 5.41) is 10.3. The Kier molecular flexibility index (Phi) is 6.22. The molecule has 0 aliphatic carbocycles. The van der Waals surface area contributed by atoms with Crippen LogP contribution in [0.25, 0.3) is 11.6 Å². The summed E-state index contributed by atoms with van der Waals surface area (Å²) in [4.78, 5) is 32.3. The normalized spacial score (nSPS) is 19.0. The number of amides is 2. The van der Waals surface area contributed by atoms with Crippen molar-refractivity contribution in [3.63, 3.8) is 0 Å². The van der Waals surface area contributed by atoms with Gasteiger partial charge in [-0.3, -0.25) is 9.69 Å². The summed E-state index contributed by atoms with van der Waals surface area (Å²) in [5.41, 5.74) is 4.41. The van der Waals surface area contributed by atoms with Gasteiger partial charge in [-0.25, -0.2) is 9.69 Å². The van der Waals surface area contributed by atoms with E-state index in [0.29, 0.717) is 36.6 Å². The number of fused-ring (bicyclic) bond motifs is 1. The van der Waals surface area contributed by atoms with Crippen LogP contribution in [-0.4, -0.2) is 72.5 Å². The van der Waals surface area contributed by atoms with Gasteiger partial charge in [-0.2, -0.15) is 0 Å². The van der Waals surface area contributed by atoms with Gasteiger partial charge in [0.05, 0.1) is 24.5 Å². The number of H-pyrrole nitrogens is 1. The summed E-state index contributed by atoms with van der Waals surface area (Å²) in [6.45, 7) is 6.83. The lowest BCUT2D eigenvalue weighted by Crippen LogP contribution is -2.43. The monoisotopic (exact) mass is 425 g/mol. The summed E-state index contributed by atoms with van der Waals surface area (Å²) in [5.74, 6) is -0.444. The Balaban J connectivity index is 1.48. The van der Waals surface area contributed by atoms with Crippen LogP contribution in [0, 0.1) is 13.8 Å². The van der Waals surface area contributed by atoms with Crippen molar-refractivity contribution in [2.24, 2.45) is 0 Å². The molecule has 2 amide bonds. The number of carbonyl (C=O) groups excluding carboxylic acids is 2. The van der Waals surface area contributed by atoms with Crippen LogP contribution < -0.4 is 4.90 Å². The van der Waals surface area contributed by atoms with E-state index in [1.807, 2.05) is 32.0 Å². The quantitative estimate of drug-likeness (QED) is 0.714. The van der Waals surface area contributed by atoms with Crippen LogP contribution in [0.1, 0.15) is 22.5 Å². The van der Waals surface area contributed by atoms with E-state index in [0.717, 1.165) is 34.9 Å². The molecule has 2 aromatic rings. The predicted molar refractivity (Wildman–Crippen MR) is 117 cm³/mol. The number of aromatic nitrogens is 1. The van der Waals surface area contributed by atoms with Crippen molar-refractivity contribution >= 4 is 29.3 Å². The van der Waals surface area contributed by atoms with Crippen molar-refractivity contribution in [2.45, 2.75) is 20.0 Å². The molecule has 0 spiro atoms. The van der Waals surface area contributed by atoms with E-state index >= 15 is 0 Å². The summed E-state index contributed by atoms with van der Waals surface area (Å²) >= 11 is 0. The first-order valence-electron chi connectivity index (χ1n) is 10.4. The van der Waals surface area contributed by atoms with Gasteiger partial charge in [0.1, 0.15) is 12.7 Å². The zero-order valence-corrected chi connectivity index (χ0v) is 17.8. The topological polar surface area (TPSA) is 95.1 Å². The molecule has 1 aromatic heterocycles. The molecule has 0 bridgehead atoms. The Labute approximate surface area is 181 Å². The van der Waals surface area contributed by atoms with E-state index in [1.165, 1.54) is 0 Å². The van der Waals surface area contributed by atoms with Gasteiger partial charge in [0, 0.05) is 36.6 Å². The highest BCUT2D eigenvalue weighted by Crippen LogP contribution is 2.38. The lowest BCUT2D eigenvalue weighted by atomic mass is 10.1. The van der Waals surface area contributed by atoms with Crippen LogP contribution in [0.5, 0.6) is 0 Å². The van der Waals surface area contributed by atoms with Gasteiger partial charge in [0.15, 0.2) is 0 Å². The van der Waals surface area contributed by atoms with Crippen molar-refractivity contribution in [3.8, 4) is 0 Å². The second-order valence-electron chi connectivity index (χ2n) is 7.91. The minimum absolute atomic E-state index is 0.184. The smallest absolute Gasteiger partial charge is 0.421 e. The number of anilines is 1. The number of rotatable bonds is 5. The Morgan fingerprint density at radius 3 is 2.74 bits per heavy atom. The van der Waals surface area contributed by atoms with Crippen LogP contribution in [-0.2, 0) is 14.3 Å². The number of hydrogen-bond donors (Lipinski definition) is 2. The van der Waals surface area contributed by atoms with Crippen LogP contribution >= 0.6 is 0 Å². The lowest BCUT2D eigenvalue weighted by molar-refractivity contribution is -0.112. The number of benzene rings is 1. The molecule has 4 rings (SSSR count). The number of carbonyl (C=O) groups is 2. The number of morpholine rings is 1. The van der Waals surface area contributed by atoms with Crippen molar-refractivity contribution in [2.75, 3.05) is 44.4 Å². The Morgan fingerprint density at radius 1 is 1.29 bits per heavy atom. The van der Waals surface area contributed by atoms with E-state index in [9.17, 15) is 14.7 Å². The number of aliphatic hydroxyl groups excluding tert-OH is 1. The molecule has 1 fully saturated rings. The second-order valence-corrected chi connectivity index (χ2v) is 7.91. The van der Waals surface area contributed by atoms with Crippen molar-refractivity contribution in [1.29, 1.82) is 0 Å². The lowest BCUT2D eigenvalue weighted by Gasteiger charge is -2.28. The fraction of sp³-hybridized carbons (Fsp3) is 0.391. The molecule has 1 atom stereocenters. The molecular weight excluding hydrogens is 398 g/mol. The maximum absolute atomic E-state index is 13.1. The molecule has 1 aromatic carbocycles. The standard InChI is InChI=1S/C23H27N3O5/c1-15-11-16(2)24-20(15)12-19-18-5-3-4-6-21(18)26(22(19)28)23(29)31-14-17(27)13-25-7-9-30-10-8-25/h3-6,11-12,17,24,27H,7-10,13-14H2,1-2H3/b19-12-. The average molecular weight is 425 g/mol. The fourth-order valence-corrected chi connectivity index (χ4v) is 3.97. The summed E-state index contributed by atoms with van der Waals surface area (Å²) in [6.07, 6.45) is 0.139. The molecule has 164 valence electrons. The largest absolute Gasteiger partial charge is 0.446 e. The van der Waals surface area contributed by atoms with E-state index in [1.54, 1.807) is 18.2 Å². The van der Waals surface area contributed by atoms with Crippen LogP contribution in [0.2, 0.25) is 0 Å². The first-order valence-corrected chi connectivity index (χ1v) is 10.4. The molecule has 2 aliphatic heterocycles. The first kappa shape index (κ1) is 21.3. The van der Waals surface area contributed by atoms with Crippen molar-refractivity contribution < 1.29 is 24.2 Å². The highest BCUT2D eigenvalue weighted by molar-refractivity contribution is 6.41. The van der Waals surface area contributed by atoms with Crippen LogP contribution in [0.4, 0.5) is 10.5 Å². The molecule has 3 heterocycles. The third-order valence-corrected chi connectivity index (χ3v) is 5.50. The minimum atomic E-state index is -0.838. The molecule has 2 N–H and O–H groups in total. The van der Waals surface area contributed by atoms with Gasteiger partial charge in [0.25, 0.3) is 5.91 Å². The number of imide groups is 1. The van der Waals surface area contributed by atoms with Crippen LogP contribution in [0.3, 0.4) is 0 Å². The van der Waals surface area contributed by atoms with Gasteiger partial charge in [-0.1, -0.05) is 18.2 Å². The Morgan fingerprint density at radius 2 is 2.03 bits per heavy atom. The number of ether oxygens (including phenoxy) is 2. The number of aryl methyl sites for hydroxylation is 2. The molecule has 2 aliphatic rings. The number of nitrogens with zero attached hydrogens (tertiary/aromatic N) is 2. The second kappa shape index (κ2) is 9.05. The van der Waals surface area contributed by atoms with Gasteiger partial charge < -0.3 is 19.6 Å². The summed E-state index contributed by atoms with van der Waals surface area (Å²) < 4.78 is 10.6. The number of β-amino-alcohol motifs (C(OH)–C–C–N with tert-alkyl or cyclic N) is 1. The highest BCUT2D eigenvalue weighted by atomic mass is 16.6. The molecule has 8 nitrogen and oxygen atoms in total. The van der Waals surface area contributed by atoms with E-state index in [2.05, 4.69) is 9.88 Å². The maximum Gasteiger partial charge on any atom is 0.421 e. The molecule has 0 saturated carbocycles. The molecule has 31 heavy (non-hydrogen) atoms. The number of aliphatic hydroxyl groups is 1. The predicted octanol–water partition coefficient (Wildman–Crippen LogP) is 2.35. The number of nitrogens with one attached hydrogen (secondary N) is 1. The summed E-state index contributed by atoms with van der Waals surface area (Å²) in [7, 11) is 0. The molecule has 0 radical (unpaired) electrons. The fourth-order valence-electron chi connectivity index (χ4n) is 3.97. The van der Waals surface area contributed by atoms with E-state index in [-0.39, 0.29) is 6.61 Å². The average Bonchev–Trinajstić information content (AvgIpc) is 3.22. The molecule has 1 unspecified atom stereocenters. The first-order chi connectivity index (χ1) is 14.9. The Hall–Kier alpha value is -2.94. The Bertz CT molecular complexity index is 1010. The SMILES string of the molecule is Cc1cc(C)c(/C=C2\C(=O)N(C(=O)OCC(O)CN3CCOCC3)c3ccccc32)[nH]1. The molecular formula is C23H27N3O5. The number of aromatic amines is 1. The maximum atomic E-state index is 13.1. The van der Waals surface area contributed by atoms with Gasteiger partial charge in [-0.15, -0.1) is 0 Å². The zero-order chi connectivity index (χ0) is 22.0.